The number of aromatic nitrogens is 4. The number of carbonyl (C=O) groups excluding carboxylic acids is 1. The predicted molar refractivity (Wildman–Crippen MR) is 72.0 cm³/mol. The van der Waals surface area contributed by atoms with Crippen LogP contribution in [0.15, 0.2) is 12.3 Å². The summed E-state index contributed by atoms with van der Waals surface area (Å²) in [4.78, 5) is 22.6. The first-order valence-electron chi connectivity index (χ1n) is 6.43. The minimum Gasteiger partial charge on any atom is -0.331 e. The van der Waals surface area contributed by atoms with E-state index in [9.17, 15) is 4.79 Å². The molecule has 2 aromatic rings. The number of nitrogens with zero attached hydrogens (tertiary/aromatic N) is 5. The minimum atomic E-state index is -0.157. The number of carbonyl (C=O) groups is 1. The monoisotopic (exact) mass is 261 g/mol. The van der Waals surface area contributed by atoms with Crippen LogP contribution in [-0.2, 0) is 0 Å². The van der Waals surface area contributed by atoms with E-state index in [0.717, 1.165) is 5.69 Å². The average Bonchev–Trinajstić information content (AvgIpc) is 2.73. The number of hydrogen-bond donors (Lipinski definition) is 0. The smallest absolute Gasteiger partial charge is 0.294 e. The fourth-order valence-corrected chi connectivity index (χ4v) is 2.18. The van der Waals surface area contributed by atoms with Crippen molar-refractivity contribution in [1.29, 1.82) is 0 Å². The summed E-state index contributed by atoms with van der Waals surface area (Å²) in [6.07, 6.45) is 1.66. The molecule has 0 aliphatic rings. The number of aryl methyl sites for hydroxylation is 1. The second-order valence-electron chi connectivity index (χ2n) is 5.13. The fraction of sp³-hybridized carbons (Fsp3) is 0.538. The summed E-state index contributed by atoms with van der Waals surface area (Å²) in [5.41, 5.74) is 0.900. The lowest BCUT2D eigenvalue weighted by Gasteiger charge is -2.29. The van der Waals surface area contributed by atoms with Gasteiger partial charge in [-0.15, -0.1) is 5.10 Å². The zero-order valence-electron chi connectivity index (χ0n) is 12.0. The molecule has 0 aromatic carbocycles. The van der Waals surface area contributed by atoms with Gasteiger partial charge in [0.15, 0.2) is 0 Å². The SMILES string of the molecule is Cc1ccnc2nc(C(=O)N(C(C)C)C(C)C)nn12. The van der Waals surface area contributed by atoms with Crippen LogP contribution >= 0.6 is 0 Å². The Balaban J connectivity index is 2.44. The van der Waals surface area contributed by atoms with E-state index in [-0.39, 0.29) is 23.8 Å². The highest BCUT2D eigenvalue weighted by Gasteiger charge is 2.25. The number of amides is 1. The van der Waals surface area contributed by atoms with Gasteiger partial charge in [0.05, 0.1) is 0 Å². The molecular formula is C13H19N5O. The molecule has 1 amide bonds. The first-order valence-corrected chi connectivity index (χ1v) is 6.43. The summed E-state index contributed by atoms with van der Waals surface area (Å²) in [5, 5.41) is 4.25. The standard InChI is InChI=1S/C13H19N5O/c1-8(2)17(9(3)4)12(19)11-15-13-14-7-6-10(5)18(13)16-11/h6-9H,1-5H3. The number of fused-ring (bicyclic) bond motifs is 1. The van der Waals surface area contributed by atoms with E-state index in [1.807, 2.05) is 40.7 Å². The van der Waals surface area contributed by atoms with E-state index < -0.39 is 0 Å². The molecule has 0 atom stereocenters. The molecule has 0 spiro atoms. The molecule has 0 unspecified atom stereocenters. The normalized spacial score (nSPS) is 11.5. The third kappa shape index (κ3) is 2.43. The van der Waals surface area contributed by atoms with Crippen molar-refractivity contribution < 1.29 is 4.79 Å². The van der Waals surface area contributed by atoms with E-state index >= 15 is 0 Å². The van der Waals surface area contributed by atoms with Gasteiger partial charge in [-0.25, -0.2) is 9.50 Å². The van der Waals surface area contributed by atoms with Crippen molar-refractivity contribution in [3.63, 3.8) is 0 Å². The fourth-order valence-electron chi connectivity index (χ4n) is 2.18. The van der Waals surface area contributed by atoms with Gasteiger partial charge >= 0.3 is 0 Å². The third-order valence-corrected chi connectivity index (χ3v) is 2.97. The first kappa shape index (κ1) is 13.5. The summed E-state index contributed by atoms with van der Waals surface area (Å²) in [5.74, 6) is 0.495. The van der Waals surface area contributed by atoms with E-state index in [1.54, 1.807) is 15.6 Å². The second kappa shape index (κ2) is 4.95. The van der Waals surface area contributed by atoms with Crippen molar-refractivity contribution in [3.05, 3.63) is 23.8 Å². The van der Waals surface area contributed by atoms with Gasteiger partial charge in [-0.3, -0.25) is 4.79 Å². The van der Waals surface area contributed by atoms with Crippen LogP contribution in [0.2, 0.25) is 0 Å². The summed E-state index contributed by atoms with van der Waals surface area (Å²) in [6.45, 7) is 9.84. The molecule has 0 saturated carbocycles. The highest BCUT2D eigenvalue weighted by atomic mass is 16.2. The predicted octanol–water partition coefficient (Wildman–Crippen LogP) is 1.69. The van der Waals surface area contributed by atoms with E-state index in [1.165, 1.54) is 0 Å². The maximum Gasteiger partial charge on any atom is 0.294 e. The molecule has 6 nitrogen and oxygen atoms in total. The lowest BCUT2D eigenvalue weighted by atomic mass is 10.2. The Labute approximate surface area is 112 Å². The number of rotatable bonds is 3. The quantitative estimate of drug-likeness (QED) is 0.843. The molecule has 0 bridgehead atoms. The molecule has 2 aromatic heterocycles. The second-order valence-corrected chi connectivity index (χ2v) is 5.13. The third-order valence-electron chi connectivity index (χ3n) is 2.97. The Kier molecular flexibility index (Phi) is 3.50. The molecular weight excluding hydrogens is 242 g/mol. The molecule has 2 heterocycles. The van der Waals surface area contributed by atoms with Crippen LogP contribution in [-0.4, -0.2) is 42.5 Å². The van der Waals surface area contributed by atoms with Crippen molar-refractivity contribution in [2.45, 2.75) is 46.7 Å². The van der Waals surface area contributed by atoms with Crippen molar-refractivity contribution in [2.75, 3.05) is 0 Å². The Morgan fingerprint density at radius 1 is 1.26 bits per heavy atom. The van der Waals surface area contributed by atoms with Crippen molar-refractivity contribution in [1.82, 2.24) is 24.5 Å². The van der Waals surface area contributed by atoms with E-state index in [0.29, 0.717) is 5.78 Å². The van der Waals surface area contributed by atoms with Crippen molar-refractivity contribution in [3.8, 4) is 0 Å². The van der Waals surface area contributed by atoms with Gasteiger partial charge in [0.1, 0.15) is 0 Å². The average molecular weight is 261 g/mol. The van der Waals surface area contributed by atoms with Gasteiger partial charge in [0, 0.05) is 24.0 Å². The molecule has 0 aliphatic carbocycles. The Bertz CT molecular complexity index is 594. The Hall–Kier alpha value is -1.98. The maximum absolute atomic E-state index is 12.5. The van der Waals surface area contributed by atoms with Crippen LogP contribution in [0.5, 0.6) is 0 Å². The molecule has 19 heavy (non-hydrogen) atoms. The molecule has 2 rings (SSSR count). The summed E-state index contributed by atoms with van der Waals surface area (Å²) >= 11 is 0. The van der Waals surface area contributed by atoms with Crippen LogP contribution in [0.1, 0.15) is 44.0 Å². The summed E-state index contributed by atoms with van der Waals surface area (Å²) in [6, 6.07) is 2.04. The van der Waals surface area contributed by atoms with Crippen molar-refractivity contribution >= 4 is 11.7 Å². The molecule has 0 aliphatic heterocycles. The topological polar surface area (TPSA) is 63.4 Å². The highest BCUT2D eigenvalue weighted by Crippen LogP contribution is 2.11. The van der Waals surface area contributed by atoms with Crippen LogP contribution in [0, 0.1) is 6.92 Å². The zero-order valence-corrected chi connectivity index (χ0v) is 12.0. The van der Waals surface area contributed by atoms with Gasteiger partial charge in [-0.05, 0) is 40.7 Å². The molecule has 102 valence electrons. The highest BCUT2D eigenvalue weighted by molar-refractivity contribution is 5.91. The van der Waals surface area contributed by atoms with E-state index in [2.05, 4.69) is 15.1 Å². The van der Waals surface area contributed by atoms with Crippen molar-refractivity contribution in [2.24, 2.45) is 0 Å². The summed E-state index contributed by atoms with van der Waals surface area (Å²) < 4.78 is 1.59. The van der Waals surface area contributed by atoms with Gasteiger partial charge in [-0.1, -0.05) is 0 Å². The van der Waals surface area contributed by atoms with Crippen LogP contribution < -0.4 is 0 Å². The maximum atomic E-state index is 12.5. The lowest BCUT2D eigenvalue weighted by molar-refractivity contribution is 0.0631. The van der Waals surface area contributed by atoms with Crippen LogP contribution in [0.4, 0.5) is 0 Å². The molecule has 0 saturated heterocycles. The van der Waals surface area contributed by atoms with Crippen LogP contribution in [0.25, 0.3) is 5.78 Å². The molecule has 0 radical (unpaired) electrons. The Morgan fingerprint density at radius 3 is 2.42 bits per heavy atom. The van der Waals surface area contributed by atoms with Gasteiger partial charge in [0.25, 0.3) is 11.7 Å². The Morgan fingerprint density at radius 2 is 1.89 bits per heavy atom. The molecule has 0 N–H and O–H groups in total. The van der Waals surface area contributed by atoms with Crippen LogP contribution in [0.3, 0.4) is 0 Å². The minimum absolute atomic E-state index is 0.105. The summed E-state index contributed by atoms with van der Waals surface area (Å²) in [7, 11) is 0. The number of hydrogen-bond acceptors (Lipinski definition) is 4. The van der Waals surface area contributed by atoms with Gasteiger partial charge in [-0.2, -0.15) is 4.98 Å². The lowest BCUT2D eigenvalue weighted by Crippen LogP contribution is -2.42. The van der Waals surface area contributed by atoms with E-state index in [4.69, 9.17) is 0 Å². The molecule has 6 heteroatoms. The largest absolute Gasteiger partial charge is 0.331 e. The first-order chi connectivity index (χ1) is 8.91. The van der Waals surface area contributed by atoms with Gasteiger partial charge < -0.3 is 4.90 Å². The zero-order chi connectivity index (χ0) is 14.2. The van der Waals surface area contributed by atoms with Gasteiger partial charge in [0.2, 0.25) is 5.82 Å². The molecule has 0 fully saturated rings.